The second-order valence-corrected chi connectivity index (χ2v) is 16.4. The van der Waals surface area contributed by atoms with Gasteiger partial charge in [-0.1, -0.05) is 12.1 Å². The fraction of sp³-hybridized carbons (Fsp3) is 0.390. The highest BCUT2D eigenvalue weighted by molar-refractivity contribution is 6.01. The number of rotatable bonds is 7. The average molecular weight is 753 g/mol. The number of carbonyl (C=O) groups excluding carboxylic acids is 2. The maximum absolute atomic E-state index is 16.1. The Kier molecular flexibility index (Phi) is 9.64. The molecule has 0 bridgehead atoms. The molecule has 0 unspecified atom stereocenters. The van der Waals surface area contributed by atoms with Crippen LogP contribution in [-0.4, -0.2) is 72.1 Å². The summed E-state index contributed by atoms with van der Waals surface area (Å²) in [6, 6.07) is 11.1. The lowest BCUT2D eigenvalue weighted by molar-refractivity contribution is 0.166. The van der Waals surface area contributed by atoms with E-state index in [1.54, 1.807) is 59.8 Å². The number of H-pyrrole nitrogens is 2. The van der Waals surface area contributed by atoms with Crippen LogP contribution < -0.4 is 16.1 Å². The van der Waals surface area contributed by atoms with E-state index in [1.807, 2.05) is 41.5 Å². The topological polar surface area (TPSA) is 152 Å². The Balaban J connectivity index is 1.18. The van der Waals surface area contributed by atoms with Gasteiger partial charge < -0.3 is 34.8 Å². The lowest BCUT2D eigenvalue weighted by Crippen LogP contribution is -2.49. The van der Waals surface area contributed by atoms with Gasteiger partial charge in [0.15, 0.2) is 11.4 Å². The summed E-state index contributed by atoms with van der Waals surface area (Å²) >= 11 is 0. The third-order valence-electron chi connectivity index (χ3n) is 9.45. The van der Waals surface area contributed by atoms with Crippen molar-refractivity contribution in [2.45, 2.75) is 91.1 Å². The van der Waals surface area contributed by atoms with Gasteiger partial charge in [-0.2, -0.15) is 0 Å². The second kappa shape index (κ2) is 14.1. The molecule has 288 valence electrons. The van der Waals surface area contributed by atoms with Crippen molar-refractivity contribution in [2.75, 3.05) is 13.1 Å². The van der Waals surface area contributed by atoms with Gasteiger partial charge in [0.2, 0.25) is 5.43 Å². The molecular formula is C41H46F2N8O4. The van der Waals surface area contributed by atoms with Crippen LogP contribution in [0.3, 0.4) is 0 Å². The third-order valence-corrected chi connectivity index (χ3v) is 9.45. The Morgan fingerprint density at radius 2 is 1.64 bits per heavy atom. The SMILES string of the molecule is C[C@@H](F)CN(Cc1ncc(-c2ccc3oc4c(F)c5ccc(-c6cnc([C@@H]7CCCN7C(=O)NC(C)(C)C)[nH]6)cc5cc4c(=O)c3c2)[nH]1)C(=O)NC(C)(C)C. The quantitative estimate of drug-likeness (QED) is 0.120. The molecule has 7 rings (SSSR count). The summed E-state index contributed by atoms with van der Waals surface area (Å²) in [7, 11) is 0. The first-order valence-corrected chi connectivity index (χ1v) is 18.5. The largest absolute Gasteiger partial charge is 0.453 e. The highest BCUT2D eigenvalue weighted by Gasteiger charge is 2.33. The number of amides is 4. The van der Waals surface area contributed by atoms with E-state index >= 15 is 4.39 Å². The van der Waals surface area contributed by atoms with Gasteiger partial charge in [-0.15, -0.1) is 0 Å². The maximum atomic E-state index is 16.1. The predicted octanol–water partition coefficient (Wildman–Crippen LogP) is 8.33. The number of nitrogens with zero attached hydrogens (tertiary/aromatic N) is 4. The van der Waals surface area contributed by atoms with Gasteiger partial charge in [-0.05, 0) is 97.0 Å². The number of halogens is 2. The van der Waals surface area contributed by atoms with E-state index in [0.717, 1.165) is 18.4 Å². The number of aromatic amines is 2. The Morgan fingerprint density at radius 1 is 0.945 bits per heavy atom. The van der Waals surface area contributed by atoms with Crippen LogP contribution in [0.2, 0.25) is 0 Å². The molecule has 1 aliphatic rings. The van der Waals surface area contributed by atoms with Crippen molar-refractivity contribution in [2.24, 2.45) is 0 Å². The lowest BCUT2D eigenvalue weighted by atomic mass is 10.0. The van der Waals surface area contributed by atoms with Crippen LogP contribution in [0.15, 0.2) is 64.1 Å². The fourth-order valence-corrected chi connectivity index (χ4v) is 7.03. The molecule has 2 atom stereocenters. The van der Waals surface area contributed by atoms with Gasteiger partial charge in [0.25, 0.3) is 0 Å². The summed E-state index contributed by atoms with van der Waals surface area (Å²) in [5, 5.41) is 7.05. The fourth-order valence-electron chi connectivity index (χ4n) is 7.03. The summed E-state index contributed by atoms with van der Waals surface area (Å²) in [6.45, 7) is 13.3. The van der Waals surface area contributed by atoms with Crippen molar-refractivity contribution in [1.82, 2.24) is 40.4 Å². The third kappa shape index (κ3) is 7.89. The molecule has 55 heavy (non-hydrogen) atoms. The first-order valence-electron chi connectivity index (χ1n) is 18.5. The van der Waals surface area contributed by atoms with E-state index in [2.05, 4.69) is 30.6 Å². The molecule has 3 aromatic heterocycles. The van der Waals surface area contributed by atoms with E-state index in [4.69, 9.17) is 4.42 Å². The molecule has 14 heteroatoms. The Bertz CT molecular complexity index is 2490. The highest BCUT2D eigenvalue weighted by atomic mass is 19.1. The number of aromatic nitrogens is 4. The number of hydrogen-bond donors (Lipinski definition) is 4. The van der Waals surface area contributed by atoms with Crippen LogP contribution in [0.1, 0.15) is 79.0 Å². The van der Waals surface area contributed by atoms with E-state index in [1.165, 1.54) is 11.8 Å². The van der Waals surface area contributed by atoms with Gasteiger partial charge >= 0.3 is 12.1 Å². The molecule has 4 N–H and O–H groups in total. The van der Waals surface area contributed by atoms with Gasteiger partial charge in [-0.25, -0.2) is 28.3 Å². The zero-order valence-electron chi connectivity index (χ0n) is 32.1. The first kappa shape index (κ1) is 37.5. The molecule has 0 radical (unpaired) electrons. The first-order chi connectivity index (χ1) is 25.9. The van der Waals surface area contributed by atoms with Crippen LogP contribution >= 0.6 is 0 Å². The number of nitrogens with one attached hydrogen (secondary N) is 4. The van der Waals surface area contributed by atoms with Crippen molar-refractivity contribution in [3.63, 3.8) is 0 Å². The Labute approximate surface area is 316 Å². The number of alkyl halides is 1. The monoisotopic (exact) mass is 752 g/mol. The number of hydrogen-bond acceptors (Lipinski definition) is 6. The van der Waals surface area contributed by atoms with Crippen LogP contribution in [0, 0.1) is 5.82 Å². The van der Waals surface area contributed by atoms with Gasteiger partial charge in [-0.3, -0.25) is 4.79 Å². The van der Waals surface area contributed by atoms with E-state index in [-0.39, 0.29) is 52.6 Å². The molecule has 1 saturated heterocycles. The zero-order valence-corrected chi connectivity index (χ0v) is 32.1. The molecule has 4 heterocycles. The van der Waals surface area contributed by atoms with Gasteiger partial charge in [0.1, 0.15) is 23.4 Å². The Hall–Kier alpha value is -5.79. The molecule has 0 aliphatic carbocycles. The maximum Gasteiger partial charge on any atom is 0.318 e. The van der Waals surface area contributed by atoms with E-state index in [0.29, 0.717) is 45.9 Å². The molecular weight excluding hydrogens is 706 g/mol. The smallest absolute Gasteiger partial charge is 0.318 e. The minimum absolute atomic E-state index is 0.0400. The molecule has 6 aromatic rings. The minimum atomic E-state index is -1.25. The predicted molar refractivity (Wildman–Crippen MR) is 209 cm³/mol. The summed E-state index contributed by atoms with van der Waals surface area (Å²) in [5.41, 5.74) is 1.45. The summed E-state index contributed by atoms with van der Waals surface area (Å²) in [6.07, 6.45) is 3.68. The summed E-state index contributed by atoms with van der Waals surface area (Å²) in [5.74, 6) is 0.469. The molecule has 1 aliphatic heterocycles. The summed E-state index contributed by atoms with van der Waals surface area (Å²) < 4.78 is 36.1. The number of benzene rings is 3. The lowest BCUT2D eigenvalue weighted by Gasteiger charge is -2.28. The Morgan fingerprint density at radius 3 is 2.36 bits per heavy atom. The highest BCUT2D eigenvalue weighted by Crippen LogP contribution is 2.35. The number of urea groups is 2. The standard InChI is InChI=1S/C41H46F2N8O4/c1-22(42)20-50(38(53)48-40(2,3)4)21-33-44-18-29(46-33)24-11-13-32-27(16-24)35(52)28-17-25-15-23(10-12-26(25)34(43)36(28)55-32)30-19-45-37(47-30)31-9-8-14-51(31)39(54)49-41(5,6)7/h10-13,15-19,22,31H,8-9,14,20-21H2,1-7H3,(H,44,46)(H,45,47)(H,48,53)(H,49,54)/t22-,31+/m1/s1. The molecule has 12 nitrogen and oxygen atoms in total. The minimum Gasteiger partial charge on any atom is -0.453 e. The zero-order chi connectivity index (χ0) is 39.4. The number of likely N-dealkylation sites (tertiary alicyclic amines) is 1. The van der Waals surface area contributed by atoms with E-state index in [9.17, 15) is 18.8 Å². The number of carbonyl (C=O) groups is 2. The molecule has 3 aromatic carbocycles. The van der Waals surface area contributed by atoms with Gasteiger partial charge in [0, 0.05) is 34.1 Å². The van der Waals surface area contributed by atoms with Crippen molar-refractivity contribution < 1.29 is 22.8 Å². The molecule has 0 spiro atoms. The molecule has 0 saturated carbocycles. The van der Waals surface area contributed by atoms with Crippen molar-refractivity contribution in [3.8, 4) is 22.5 Å². The van der Waals surface area contributed by atoms with Crippen molar-refractivity contribution in [1.29, 1.82) is 0 Å². The van der Waals surface area contributed by atoms with Crippen LogP contribution in [0.25, 0.3) is 55.2 Å². The average Bonchev–Trinajstić information content (AvgIpc) is 3.88. The summed E-state index contributed by atoms with van der Waals surface area (Å²) in [4.78, 5) is 58.6. The van der Waals surface area contributed by atoms with Crippen LogP contribution in [0.4, 0.5) is 18.4 Å². The molecule has 4 amide bonds. The number of fused-ring (bicyclic) bond motifs is 3. The second-order valence-electron chi connectivity index (χ2n) is 16.4. The van der Waals surface area contributed by atoms with Crippen molar-refractivity contribution in [3.05, 3.63) is 82.5 Å². The van der Waals surface area contributed by atoms with Crippen LogP contribution in [0.5, 0.6) is 0 Å². The normalized spacial score (nSPS) is 15.6. The van der Waals surface area contributed by atoms with Crippen LogP contribution in [-0.2, 0) is 6.54 Å². The number of imidazole rings is 2. The van der Waals surface area contributed by atoms with Crippen molar-refractivity contribution >= 4 is 44.8 Å². The van der Waals surface area contributed by atoms with E-state index < -0.39 is 29.0 Å². The van der Waals surface area contributed by atoms with Gasteiger partial charge in [0.05, 0.1) is 53.7 Å². The molecule has 1 fully saturated rings.